The molecular weight excluding hydrogens is 1650 g/mol. The summed E-state index contributed by atoms with van der Waals surface area (Å²) >= 11 is 9.69. The van der Waals surface area contributed by atoms with Crippen LogP contribution < -0.4 is 31.0 Å². The van der Waals surface area contributed by atoms with Crippen molar-refractivity contribution in [1.82, 2.24) is 44.6 Å². The number of anilines is 2. The van der Waals surface area contributed by atoms with Crippen LogP contribution in [-0.2, 0) is 119 Å². The average molecular weight is 1750 g/mol. The summed E-state index contributed by atoms with van der Waals surface area (Å²) in [7, 11) is 1.60. The summed E-state index contributed by atoms with van der Waals surface area (Å²) in [6, 6.07) is 11.8. The molecule has 654 valence electrons. The molecule has 2 unspecified atom stereocenters. The highest BCUT2D eigenvalue weighted by Gasteiger charge is 2.52. The van der Waals surface area contributed by atoms with E-state index in [-0.39, 0.29) is 143 Å². The number of nitrogens with zero attached hydrogens (tertiary/aromatic N) is 7. The smallest absolute Gasteiger partial charge is 0.410 e. The Hall–Kier alpha value is -7.99. The van der Waals surface area contributed by atoms with E-state index in [9.17, 15) is 73.3 Å². The molecule has 2 bridgehead atoms. The number of aliphatic carboxylic acids is 1. The second kappa shape index (κ2) is 46.9. The van der Waals surface area contributed by atoms with Gasteiger partial charge in [0.25, 0.3) is 23.3 Å². The number of carboxylic acids is 1. The fourth-order valence-corrected chi connectivity index (χ4v) is 16.1. The Morgan fingerprint density at radius 3 is 2.06 bits per heavy atom. The number of aliphatic hydroxyl groups excluding tert-OH is 4. The van der Waals surface area contributed by atoms with Crippen molar-refractivity contribution in [3.8, 4) is 11.6 Å². The van der Waals surface area contributed by atoms with Gasteiger partial charge in [-0.2, -0.15) is 4.98 Å². The van der Waals surface area contributed by atoms with Crippen LogP contribution in [0.25, 0.3) is 11.2 Å². The van der Waals surface area contributed by atoms with E-state index in [0.29, 0.717) is 85.3 Å². The highest BCUT2D eigenvalue weighted by atomic mass is 32.7. The predicted octanol–water partition coefficient (Wildman–Crippen LogP) is 2.12. The van der Waals surface area contributed by atoms with Gasteiger partial charge >= 0.3 is 25.6 Å². The molecule has 2 saturated carbocycles. The van der Waals surface area contributed by atoms with Crippen molar-refractivity contribution in [2.45, 2.75) is 126 Å². The SMILES string of the molecule is COCCOCCOCCOCCOCCOCCOCCOCCN(Cc1ccccc1C(=O)Nc1nc2c(ncn2[C@@H]2O[C@@H]3COP(O)(=S)O[C@H]4C[C@H](Oc5ccncn5)C[C@@H]4COP(=O)(S)O[C@@H]2[C@@H]3O)c(=O)[nH]1)C(=O)OCc1ccc(O[C@@H]2C[C@H](C(=O)O)[C@@H](O)[C@H](O)[C@H]2O)c(NC(=O)CCNC(=O)CCCCCN2C(=O)C=CC2=O)c1. The summed E-state index contributed by atoms with van der Waals surface area (Å²) < 4.78 is 107. The number of benzene rings is 2. The van der Waals surface area contributed by atoms with E-state index in [1.807, 2.05) is 0 Å². The molecule has 5 aromatic rings. The zero-order valence-electron chi connectivity index (χ0n) is 64.9. The van der Waals surface area contributed by atoms with Crippen molar-refractivity contribution in [3.05, 3.63) is 107 Å². The zero-order valence-corrected chi connectivity index (χ0v) is 68.4. The molecule has 2 aliphatic carbocycles. The lowest BCUT2D eigenvalue weighted by atomic mass is 9.80. The van der Waals surface area contributed by atoms with Crippen LogP contribution in [0, 0.1) is 11.8 Å². The highest BCUT2D eigenvalue weighted by molar-refractivity contribution is 8.44. The topological polar surface area (TPSA) is 538 Å². The number of fused-ring (bicyclic) bond motifs is 4. The monoisotopic (exact) mass is 1750 g/mol. The highest BCUT2D eigenvalue weighted by Crippen LogP contribution is 2.59. The molecule has 46 heteroatoms. The van der Waals surface area contributed by atoms with Gasteiger partial charge in [0.2, 0.25) is 23.6 Å². The first-order valence-electron chi connectivity index (χ1n) is 38.4. The summed E-state index contributed by atoms with van der Waals surface area (Å²) in [4.78, 5) is 138. The van der Waals surface area contributed by atoms with Crippen molar-refractivity contribution in [1.29, 1.82) is 0 Å². The van der Waals surface area contributed by atoms with Gasteiger partial charge in [-0.05, 0) is 60.4 Å². The molecule has 0 radical (unpaired) electrons. The van der Waals surface area contributed by atoms with Crippen molar-refractivity contribution >= 4 is 102 Å². The maximum atomic E-state index is 14.6. The van der Waals surface area contributed by atoms with Gasteiger partial charge in [-0.25, -0.2) is 24.3 Å². The minimum Gasteiger partial charge on any atom is -0.485 e. The Balaban J connectivity index is 0.794. The number of amides is 6. The molecule has 2 saturated heterocycles. The number of hydrogen-bond acceptors (Lipinski definition) is 34. The van der Waals surface area contributed by atoms with Crippen molar-refractivity contribution in [2.24, 2.45) is 11.8 Å². The number of imidazole rings is 1. The number of methoxy groups -OCH3 is 1. The Bertz CT molecular complexity index is 4350. The lowest BCUT2D eigenvalue weighted by Crippen LogP contribution is -2.57. The van der Waals surface area contributed by atoms with Gasteiger partial charge in [0.1, 0.15) is 61.4 Å². The number of aromatic amines is 1. The molecule has 6 heterocycles. The molecule has 2 aromatic carbocycles. The minimum absolute atomic E-state index is 0.0362. The van der Waals surface area contributed by atoms with Crippen molar-refractivity contribution < 1.29 is 143 Å². The number of H-pyrrole nitrogens is 1. The number of aromatic nitrogens is 6. The Labute approximate surface area is 692 Å². The number of hydrogen-bond donors (Lipinski definition) is 11. The molecular formula is C73H99N11O31P2S2. The number of thiol groups is 1. The van der Waals surface area contributed by atoms with Gasteiger partial charge in [-0.15, -0.1) is 0 Å². The summed E-state index contributed by atoms with van der Waals surface area (Å²) in [6.45, 7) is -5.80. The van der Waals surface area contributed by atoms with E-state index in [4.69, 9.17) is 86.7 Å². The Morgan fingerprint density at radius 1 is 0.723 bits per heavy atom. The van der Waals surface area contributed by atoms with Crippen LogP contribution in [-0.4, -0.2) is 305 Å². The molecule has 3 aliphatic heterocycles. The lowest BCUT2D eigenvalue weighted by molar-refractivity contribution is -0.174. The van der Waals surface area contributed by atoms with Crippen LogP contribution in [0.1, 0.15) is 79.1 Å². The summed E-state index contributed by atoms with van der Waals surface area (Å²) in [5.74, 6) is -6.66. The van der Waals surface area contributed by atoms with E-state index in [1.165, 1.54) is 64.5 Å². The first kappa shape index (κ1) is 93.3. The average Bonchev–Trinajstić information content (AvgIpc) is 1.62. The van der Waals surface area contributed by atoms with Crippen LogP contribution >= 0.6 is 25.8 Å². The Kier molecular flexibility index (Phi) is 36.7. The van der Waals surface area contributed by atoms with E-state index >= 15 is 0 Å². The summed E-state index contributed by atoms with van der Waals surface area (Å²) in [5, 5.41) is 61.8. The van der Waals surface area contributed by atoms with Crippen LogP contribution in [0.2, 0.25) is 0 Å². The number of carbonyl (C=O) groups excluding carboxylic acids is 6. The van der Waals surface area contributed by atoms with Gasteiger partial charge in [0.05, 0.1) is 142 Å². The maximum Gasteiger partial charge on any atom is 0.410 e. The molecule has 10 rings (SSSR count). The maximum absolute atomic E-state index is 14.6. The molecule has 4 fully saturated rings. The summed E-state index contributed by atoms with van der Waals surface area (Å²) in [5.41, 5.74) is -1.06. The van der Waals surface area contributed by atoms with Crippen LogP contribution in [0.5, 0.6) is 11.6 Å². The van der Waals surface area contributed by atoms with Gasteiger partial charge in [0, 0.05) is 94.9 Å². The summed E-state index contributed by atoms with van der Waals surface area (Å²) in [6.07, 6.45) is -8.11. The molecule has 0 spiro atoms. The third-order valence-electron chi connectivity index (χ3n) is 19.2. The molecule has 14 atom stereocenters. The third-order valence-corrected chi connectivity index (χ3v) is 22.4. The van der Waals surface area contributed by atoms with E-state index in [1.54, 1.807) is 25.3 Å². The van der Waals surface area contributed by atoms with Crippen LogP contribution in [0.3, 0.4) is 0 Å². The first-order chi connectivity index (χ1) is 57.3. The Morgan fingerprint density at radius 2 is 1.39 bits per heavy atom. The normalized spacial score (nSPS) is 25.1. The minimum atomic E-state index is -4.46. The number of carbonyl (C=O) groups is 7. The van der Waals surface area contributed by atoms with Gasteiger partial charge in [-0.3, -0.25) is 57.9 Å². The van der Waals surface area contributed by atoms with Gasteiger partial charge < -0.3 is 116 Å². The fraction of sp³-hybridized carbons (Fsp3) is 0.589. The number of unbranched alkanes of at least 4 members (excludes halogenated alkanes) is 2. The zero-order chi connectivity index (χ0) is 84.9. The van der Waals surface area contributed by atoms with E-state index in [2.05, 4.69) is 53.1 Å². The number of nitrogens with one attached hydrogen (secondary N) is 4. The number of ether oxygens (including phenoxy) is 12. The first-order valence-corrected chi connectivity index (χ1v) is 43.7. The van der Waals surface area contributed by atoms with Crippen molar-refractivity contribution in [3.63, 3.8) is 0 Å². The molecule has 42 nitrogen and oxygen atoms in total. The third kappa shape index (κ3) is 28.6. The quantitative estimate of drug-likeness (QED) is 0.0115. The molecule has 119 heavy (non-hydrogen) atoms. The molecule has 5 aliphatic rings. The largest absolute Gasteiger partial charge is 0.485 e. The number of rotatable bonds is 46. The van der Waals surface area contributed by atoms with E-state index in [0.717, 1.165) is 11.2 Å². The second-order valence-electron chi connectivity index (χ2n) is 27.7. The van der Waals surface area contributed by atoms with Gasteiger partial charge in [0.15, 0.2) is 17.4 Å². The van der Waals surface area contributed by atoms with Crippen LogP contribution in [0.15, 0.2) is 84.3 Å². The second-order valence-corrected chi connectivity index (χ2v) is 33.3. The van der Waals surface area contributed by atoms with E-state index < -0.39 is 153 Å². The van der Waals surface area contributed by atoms with Crippen molar-refractivity contribution in [2.75, 3.05) is 150 Å². The molecule has 10 N–H and O–H groups in total. The fourth-order valence-electron chi connectivity index (χ4n) is 13.1. The van der Waals surface area contributed by atoms with Gasteiger partial charge in [-0.1, -0.05) is 42.9 Å². The van der Waals surface area contributed by atoms with Crippen LogP contribution in [0.4, 0.5) is 16.4 Å². The predicted molar refractivity (Wildman–Crippen MR) is 420 cm³/mol. The number of aliphatic hydroxyl groups is 4. The standard InChI is InChI=1S/C73H99N11O31P2S2/c1-100-21-22-102-25-26-104-29-30-106-33-34-107-32-31-105-28-27-103-24-23-101-20-19-82(73(97)108-40-45-10-11-52(112-54-38-50(71(95)96)62(89)65(92)63(54)90)51(35-45)78-57(86)14-17-75-56(85)9-3-2-6-18-83-59(87)12-13-60(83)88)39-46-7-4-5-8-49(46)68(93)80-72-79-67-61(69(94)81-72)77-44-84(67)70-66-64(91)55(113-70)42-110-116(98,118)114-53-37-48(111-58-15-16-74-43-76-58)36-47(53)41-109-117(99,119)115-66/h4-5,7-8,10-13,15-16,35,43-44,47-48,50,53-55,62-66,70,89-92H,2-3,6,9,14,17-34,36-42H2,1H3,(H,75,85)(H,78,86)(H,95,96)(H,98,118)(H,99,119)(H2,79,80,81,93,94)/t47-,48-,50+,53+,54-,55-,62-,63+,64-,65+,66-,70-,116?,117?/m1/s1. The molecule has 6 amide bonds. The number of carboxylic acid groups (broad SMARTS) is 1. The lowest BCUT2D eigenvalue weighted by Gasteiger charge is -2.38. The number of imide groups is 1. The molecule has 3 aromatic heterocycles.